The van der Waals surface area contributed by atoms with Gasteiger partial charge >= 0.3 is 0 Å². The molecular weight excluding hydrogens is 346 g/mol. The monoisotopic (exact) mass is 373 g/mol. The summed E-state index contributed by atoms with van der Waals surface area (Å²) in [7, 11) is 4.83. The SMILES string of the molecule is COCc1ccc(C(=O)N(Cc2cccc(OC)c2OC)C2CCCC2)o1. The predicted octanol–water partition coefficient (Wildman–Crippen LogP) is 4.03. The minimum absolute atomic E-state index is 0.103. The lowest BCUT2D eigenvalue weighted by Crippen LogP contribution is -2.38. The second-order valence-corrected chi connectivity index (χ2v) is 6.72. The van der Waals surface area contributed by atoms with Gasteiger partial charge in [0.2, 0.25) is 0 Å². The quantitative estimate of drug-likeness (QED) is 0.699. The van der Waals surface area contributed by atoms with E-state index in [1.165, 1.54) is 0 Å². The zero-order valence-electron chi connectivity index (χ0n) is 16.2. The van der Waals surface area contributed by atoms with Crippen LogP contribution in [-0.4, -0.2) is 38.2 Å². The molecule has 1 aromatic heterocycles. The molecule has 0 unspecified atom stereocenters. The van der Waals surface area contributed by atoms with Crippen molar-refractivity contribution in [2.45, 2.75) is 44.9 Å². The number of rotatable bonds is 8. The number of carbonyl (C=O) groups excluding carboxylic acids is 1. The van der Waals surface area contributed by atoms with E-state index < -0.39 is 0 Å². The Morgan fingerprint density at radius 2 is 1.89 bits per heavy atom. The van der Waals surface area contributed by atoms with E-state index in [1.807, 2.05) is 23.1 Å². The Morgan fingerprint density at radius 1 is 1.11 bits per heavy atom. The Morgan fingerprint density at radius 3 is 2.56 bits per heavy atom. The van der Waals surface area contributed by atoms with Crippen molar-refractivity contribution < 1.29 is 23.4 Å². The summed E-state index contributed by atoms with van der Waals surface area (Å²) in [6.07, 6.45) is 4.28. The van der Waals surface area contributed by atoms with Crippen LogP contribution in [0.5, 0.6) is 11.5 Å². The average Bonchev–Trinajstić information content (AvgIpc) is 3.37. The molecule has 1 aliphatic rings. The first-order valence-electron chi connectivity index (χ1n) is 9.26. The number of carbonyl (C=O) groups is 1. The molecule has 6 heteroatoms. The maximum Gasteiger partial charge on any atom is 0.290 e. The molecule has 3 rings (SSSR count). The molecule has 0 spiro atoms. The van der Waals surface area contributed by atoms with Gasteiger partial charge in [-0.2, -0.15) is 0 Å². The summed E-state index contributed by atoms with van der Waals surface area (Å²) in [6, 6.07) is 9.45. The molecule has 1 aliphatic carbocycles. The Balaban J connectivity index is 1.89. The summed E-state index contributed by atoms with van der Waals surface area (Å²) in [5, 5.41) is 0. The highest BCUT2D eigenvalue weighted by Crippen LogP contribution is 2.34. The fraction of sp³-hybridized carbons (Fsp3) is 0.476. The maximum atomic E-state index is 13.2. The summed E-state index contributed by atoms with van der Waals surface area (Å²) < 4.78 is 21.7. The third-order valence-corrected chi connectivity index (χ3v) is 5.01. The number of hydrogen-bond donors (Lipinski definition) is 0. The number of amides is 1. The second-order valence-electron chi connectivity index (χ2n) is 6.72. The van der Waals surface area contributed by atoms with E-state index in [4.69, 9.17) is 18.6 Å². The summed E-state index contributed by atoms with van der Waals surface area (Å²) in [4.78, 5) is 15.1. The van der Waals surface area contributed by atoms with Crippen molar-refractivity contribution in [1.82, 2.24) is 4.90 Å². The summed E-state index contributed by atoms with van der Waals surface area (Å²) >= 11 is 0. The molecule has 27 heavy (non-hydrogen) atoms. The van der Waals surface area contributed by atoms with Gasteiger partial charge in [0.1, 0.15) is 12.4 Å². The number of nitrogens with zero attached hydrogens (tertiary/aromatic N) is 1. The van der Waals surface area contributed by atoms with Crippen molar-refractivity contribution in [3.8, 4) is 11.5 Å². The zero-order valence-corrected chi connectivity index (χ0v) is 16.2. The van der Waals surface area contributed by atoms with Gasteiger partial charge in [-0.15, -0.1) is 0 Å². The Labute approximate surface area is 160 Å². The Hall–Kier alpha value is -2.47. The van der Waals surface area contributed by atoms with E-state index in [-0.39, 0.29) is 11.9 Å². The molecule has 0 N–H and O–H groups in total. The fourth-order valence-electron chi connectivity index (χ4n) is 3.70. The van der Waals surface area contributed by atoms with Crippen LogP contribution >= 0.6 is 0 Å². The molecule has 1 amide bonds. The first kappa shape index (κ1) is 19.3. The molecule has 146 valence electrons. The summed E-state index contributed by atoms with van der Waals surface area (Å²) in [5.74, 6) is 2.21. The predicted molar refractivity (Wildman–Crippen MR) is 101 cm³/mol. The largest absolute Gasteiger partial charge is 0.493 e. The maximum absolute atomic E-state index is 13.2. The molecule has 2 aromatic rings. The van der Waals surface area contributed by atoms with Crippen molar-refractivity contribution in [3.63, 3.8) is 0 Å². The van der Waals surface area contributed by atoms with Crippen LogP contribution in [0.15, 0.2) is 34.7 Å². The lowest BCUT2D eigenvalue weighted by molar-refractivity contribution is 0.0622. The molecule has 1 fully saturated rings. The number of methoxy groups -OCH3 is 3. The topological polar surface area (TPSA) is 61.1 Å². The van der Waals surface area contributed by atoms with Crippen molar-refractivity contribution in [1.29, 1.82) is 0 Å². The van der Waals surface area contributed by atoms with E-state index >= 15 is 0 Å². The van der Waals surface area contributed by atoms with Crippen molar-refractivity contribution >= 4 is 5.91 Å². The van der Waals surface area contributed by atoms with Gasteiger partial charge in [-0.3, -0.25) is 4.79 Å². The minimum Gasteiger partial charge on any atom is -0.493 e. The van der Waals surface area contributed by atoms with Crippen LogP contribution in [0, 0.1) is 0 Å². The lowest BCUT2D eigenvalue weighted by Gasteiger charge is -2.29. The van der Waals surface area contributed by atoms with Crippen molar-refractivity contribution in [3.05, 3.63) is 47.4 Å². The van der Waals surface area contributed by atoms with Gasteiger partial charge in [-0.1, -0.05) is 25.0 Å². The van der Waals surface area contributed by atoms with Crippen molar-refractivity contribution in [2.75, 3.05) is 21.3 Å². The van der Waals surface area contributed by atoms with Gasteiger partial charge in [0, 0.05) is 18.7 Å². The van der Waals surface area contributed by atoms with Crippen LogP contribution in [0.25, 0.3) is 0 Å². The Bertz CT molecular complexity index is 764. The second kappa shape index (κ2) is 8.95. The third-order valence-electron chi connectivity index (χ3n) is 5.01. The van der Waals surface area contributed by atoms with E-state index in [9.17, 15) is 4.79 Å². The Kier molecular flexibility index (Phi) is 6.40. The highest BCUT2D eigenvalue weighted by atomic mass is 16.5. The highest BCUT2D eigenvalue weighted by Gasteiger charge is 2.30. The van der Waals surface area contributed by atoms with E-state index in [0.29, 0.717) is 36.2 Å². The molecule has 1 saturated carbocycles. The van der Waals surface area contributed by atoms with Crippen LogP contribution in [0.3, 0.4) is 0 Å². The number of para-hydroxylation sites is 1. The number of furan rings is 1. The van der Waals surface area contributed by atoms with E-state index in [2.05, 4.69) is 0 Å². The van der Waals surface area contributed by atoms with Crippen LogP contribution in [0.2, 0.25) is 0 Å². The fourth-order valence-corrected chi connectivity index (χ4v) is 3.70. The first-order valence-corrected chi connectivity index (χ1v) is 9.26. The molecule has 0 bridgehead atoms. The van der Waals surface area contributed by atoms with Crippen LogP contribution < -0.4 is 9.47 Å². The molecular formula is C21H27NO5. The van der Waals surface area contributed by atoms with Crippen molar-refractivity contribution in [2.24, 2.45) is 0 Å². The smallest absolute Gasteiger partial charge is 0.290 e. The summed E-state index contributed by atoms with van der Waals surface area (Å²) in [5.41, 5.74) is 0.917. The molecule has 0 atom stereocenters. The molecule has 6 nitrogen and oxygen atoms in total. The van der Waals surface area contributed by atoms with Gasteiger partial charge in [0.05, 0.1) is 20.8 Å². The molecule has 1 aromatic carbocycles. The first-order chi connectivity index (χ1) is 13.2. The summed E-state index contributed by atoms with van der Waals surface area (Å²) in [6.45, 7) is 0.796. The molecule has 0 radical (unpaired) electrons. The standard InChI is InChI=1S/C21H27NO5/c1-24-14-17-11-12-19(27-17)21(23)22(16-8-4-5-9-16)13-15-7-6-10-18(25-2)20(15)26-3/h6-7,10-12,16H,4-5,8-9,13-14H2,1-3H3. The number of benzene rings is 1. The lowest BCUT2D eigenvalue weighted by atomic mass is 10.1. The van der Waals surface area contributed by atoms with Crippen LogP contribution in [-0.2, 0) is 17.9 Å². The highest BCUT2D eigenvalue weighted by molar-refractivity contribution is 5.91. The minimum atomic E-state index is -0.103. The van der Waals surface area contributed by atoms with E-state index in [1.54, 1.807) is 33.5 Å². The van der Waals surface area contributed by atoms with Gasteiger partial charge < -0.3 is 23.5 Å². The van der Waals surface area contributed by atoms with Gasteiger partial charge in [0.25, 0.3) is 5.91 Å². The molecule has 0 aliphatic heterocycles. The number of hydrogen-bond acceptors (Lipinski definition) is 5. The normalized spacial score (nSPS) is 14.3. The van der Waals surface area contributed by atoms with Gasteiger partial charge in [-0.25, -0.2) is 0 Å². The zero-order chi connectivity index (χ0) is 19.2. The third kappa shape index (κ3) is 4.27. The number of ether oxygens (including phenoxy) is 3. The molecule has 1 heterocycles. The van der Waals surface area contributed by atoms with Crippen LogP contribution in [0.1, 0.15) is 47.6 Å². The van der Waals surface area contributed by atoms with Crippen LogP contribution in [0.4, 0.5) is 0 Å². The molecule has 0 saturated heterocycles. The van der Waals surface area contributed by atoms with Gasteiger partial charge in [-0.05, 0) is 31.0 Å². The average molecular weight is 373 g/mol. The van der Waals surface area contributed by atoms with E-state index in [0.717, 1.165) is 31.2 Å². The van der Waals surface area contributed by atoms with Gasteiger partial charge in [0.15, 0.2) is 17.3 Å².